The Balaban J connectivity index is 1.38. The normalized spacial score (nSPS) is 11.6. The second kappa shape index (κ2) is 9.71. The molecule has 9 aromatic rings. The molecule has 6 heteroatoms. The summed E-state index contributed by atoms with van der Waals surface area (Å²) in [5, 5.41) is 4.15. The van der Waals surface area contributed by atoms with Crippen LogP contribution in [0.15, 0.2) is 144 Å². The number of para-hydroxylation sites is 1. The van der Waals surface area contributed by atoms with Crippen LogP contribution in [0.3, 0.4) is 0 Å². The van der Waals surface area contributed by atoms with Crippen LogP contribution in [0.25, 0.3) is 83.6 Å². The average molecular weight is 566 g/mol. The highest BCUT2D eigenvalue weighted by molar-refractivity contribution is 6.16. The Morgan fingerprint density at radius 2 is 1.18 bits per heavy atom. The first-order valence-electron chi connectivity index (χ1n) is 14.5. The largest absolute Gasteiger partial charge is 0.456 e. The predicted octanol–water partition coefficient (Wildman–Crippen LogP) is 9.26. The number of rotatable bonds is 4. The zero-order valence-corrected chi connectivity index (χ0v) is 23.4. The molecule has 9 rings (SSSR count). The molecule has 0 N–H and O–H groups in total. The molecule has 206 valence electrons. The fourth-order valence-corrected chi connectivity index (χ4v) is 6.25. The van der Waals surface area contributed by atoms with Gasteiger partial charge in [0, 0.05) is 45.1 Å². The third-order valence-corrected chi connectivity index (χ3v) is 8.18. The summed E-state index contributed by atoms with van der Waals surface area (Å²) < 4.78 is 8.34. The van der Waals surface area contributed by atoms with Gasteiger partial charge in [-0.25, -0.2) is 4.98 Å². The van der Waals surface area contributed by atoms with Crippen molar-refractivity contribution in [2.24, 2.45) is 0 Å². The van der Waals surface area contributed by atoms with Crippen LogP contribution in [0.2, 0.25) is 0 Å². The number of hydrogen-bond donors (Lipinski definition) is 0. The molecular weight excluding hydrogens is 542 g/mol. The molecule has 4 heterocycles. The zero-order valence-electron chi connectivity index (χ0n) is 23.4. The predicted molar refractivity (Wildman–Crippen MR) is 176 cm³/mol. The number of nitrogens with zero attached hydrogens (tertiary/aromatic N) is 5. The lowest BCUT2D eigenvalue weighted by atomic mass is 9.99. The maximum atomic E-state index is 6.19. The number of fused-ring (bicyclic) bond motifs is 6. The van der Waals surface area contributed by atoms with Crippen LogP contribution >= 0.6 is 0 Å². The Morgan fingerprint density at radius 3 is 2.05 bits per heavy atom. The molecule has 0 fully saturated rings. The van der Waals surface area contributed by atoms with Crippen LogP contribution in [0.4, 0.5) is 0 Å². The fourth-order valence-electron chi connectivity index (χ4n) is 6.25. The van der Waals surface area contributed by atoms with Gasteiger partial charge >= 0.3 is 0 Å². The third-order valence-electron chi connectivity index (χ3n) is 8.18. The second-order valence-corrected chi connectivity index (χ2v) is 10.7. The zero-order chi connectivity index (χ0) is 29.0. The molecule has 0 bridgehead atoms. The first-order chi connectivity index (χ1) is 21.8. The highest BCUT2D eigenvalue weighted by Crippen LogP contribution is 2.39. The minimum Gasteiger partial charge on any atom is -0.456 e. The topological polar surface area (TPSA) is 69.6 Å². The number of furan rings is 1. The van der Waals surface area contributed by atoms with Gasteiger partial charge in [0.25, 0.3) is 0 Å². The quantitative estimate of drug-likeness (QED) is 0.213. The molecule has 44 heavy (non-hydrogen) atoms. The molecule has 4 aromatic heterocycles. The molecule has 0 aliphatic rings. The smallest absolute Gasteiger partial charge is 0.238 e. The lowest BCUT2D eigenvalue weighted by Crippen LogP contribution is -2.06. The lowest BCUT2D eigenvalue weighted by molar-refractivity contribution is 0.668. The van der Waals surface area contributed by atoms with Gasteiger partial charge in [0.15, 0.2) is 11.6 Å². The maximum Gasteiger partial charge on any atom is 0.238 e. The summed E-state index contributed by atoms with van der Waals surface area (Å²) >= 11 is 0. The van der Waals surface area contributed by atoms with Crippen molar-refractivity contribution in [1.29, 1.82) is 0 Å². The van der Waals surface area contributed by atoms with E-state index in [9.17, 15) is 0 Å². The molecule has 0 saturated carbocycles. The number of benzene rings is 5. The number of pyridine rings is 1. The van der Waals surface area contributed by atoms with Crippen molar-refractivity contribution in [3.63, 3.8) is 0 Å². The van der Waals surface area contributed by atoms with Crippen LogP contribution in [-0.2, 0) is 0 Å². The standard InChI is InChI=1S/C38H23N5O/c1-3-11-24(12-4-1)26-16-9-19-31-34(26)27-15-7-8-18-30(27)43(31)38-41-36(25-13-5-2-6-14-25)40-37(42-38)28-17-10-20-33-35(28)29-23-39-22-21-32(29)44-33/h1-23H. The minimum atomic E-state index is 0.549. The molecule has 5 aromatic carbocycles. The highest BCUT2D eigenvalue weighted by atomic mass is 16.3. The summed E-state index contributed by atoms with van der Waals surface area (Å²) in [5.41, 5.74) is 7.69. The lowest BCUT2D eigenvalue weighted by Gasteiger charge is -2.11. The van der Waals surface area contributed by atoms with Crippen LogP contribution in [0.5, 0.6) is 0 Å². The molecule has 0 atom stereocenters. The van der Waals surface area contributed by atoms with Gasteiger partial charge in [0.1, 0.15) is 11.2 Å². The summed E-state index contributed by atoms with van der Waals surface area (Å²) in [6, 6.07) is 43.3. The molecule has 6 nitrogen and oxygen atoms in total. The van der Waals surface area contributed by atoms with Gasteiger partial charge in [-0.15, -0.1) is 0 Å². The van der Waals surface area contributed by atoms with Gasteiger partial charge in [0.05, 0.1) is 11.0 Å². The van der Waals surface area contributed by atoms with Gasteiger partial charge in [-0.05, 0) is 35.4 Å². The van der Waals surface area contributed by atoms with E-state index < -0.39 is 0 Å². The molecule has 0 aliphatic heterocycles. The Morgan fingerprint density at radius 1 is 0.477 bits per heavy atom. The van der Waals surface area contributed by atoms with E-state index in [1.54, 1.807) is 6.20 Å². The van der Waals surface area contributed by atoms with Crippen LogP contribution in [0, 0.1) is 0 Å². The first kappa shape index (κ1) is 24.5. The summed E-state index contributed by atoms with van der Waals surface area (Å²) in [6.07, 6.45) is 3.58. The molecule has 0 spiro atoms. The van der Waals surface area contributed by atoms with Crippen molar-refractivity contribution in [3.8, 4) is 39.9 Å². The minimum absolute atomic E-state index is 0.549. The van der Waals surface area contributed by atoms with Crippen molar-refractivity contribution >= 4 is 43.7 Å². The van der Waals surface area contributed by atoms with Crippen molar-refractivity contribution in [2.45, 2.75) is 0 Å². The van der Waals surface area contributed by atoms with Gasteiger partial charge in [-0.2, -0.15) is 9.97 Å². The van der Waals surface area contributed by atoms with E-state index >= 15 is 0 Å². The van der Waals surface area contributed by atoms with Crippen molar-refractivity contribution in [3.05, 3.63) is 140 Å². The third kappa shape index (κ3) is 3.75. The van der Waals surface area contributed by atoms with Crippen LogP contribution < -0.4 is 0 Å². The number of aromatic nitrogens is 5. The highest BCUT2D eigenvalue weighted by Gasteiger charge is 2.21. The molecule has 0 unspecified atom stereocenters. The summed E-state index contributed by atoms with van der Waals surface area (Å²) in [6.45, 7) is 0. The van der Waals surface area contributed by atoms with E-state index in [0.717, 1.165) is 66.0 Å². The summed E-state index contributed by atoms with van der Waals surface area (Å²) in [7, 11) is 0. The molecule has 0 radical (unpaired) electrons. The van der Waals surface area contributed by atoms with E-state index in [-0.39, 0.29) is 0 Å². The molecule has 0 amide bonds. The Labute approximate surface area is 251 Å². The Hall–Kier alpha value is -6.14. The SMILES string of the molecule is c1ccc(-c2nc(-c3cccc4oc5ccncc5c34)nc(-n3c4ccccc4c4c(-c5ccccc5)cccc43)n2)cc1. The van der Waals surface area contributed by atoms with Gasteiger partial charge in [-0.1, -0.05) is 103 Å². The van der Waals surface area contributed by atoms with Crippen molar-refractivity contribution in [1.82, 2.24) is 24.5 Å². The van der Waals surface area contributed by atoms with E-state index in [0.29, 0.717) is 17.6 Å². The second-order valence-electron chi connectivity index (χ2n) is 10.7. The van der Waals surface area contributed by atoms with Gasteiger partial charge in [0.2, 0.25) is 5.95 Å². The van der Waals surface area contributed by atoms with Crippen LogP contribution in [-0.4, -0.2) is 24.5 Å². The van der Waals surface area contributed by atoms with E-state index in [4.69, 9.17) is 19.4 Å². The summed E-state index contributed by atoms with van der Waals surface area (Å²) in [4.78, 5) is 19.7. The molecular formula is C38H23N5O. The monoisotopic (exact) mass is 565 g/mol. The van der Waals surface area contributed by atoms with E-state index in [1.807, 2.05) is 66.9 Å². The fraction of sp³-hybridized carbons (Fsp3) is 0. The maximum absolute atomic E-state index is 6.19. The van der Waals surface area contributed by atoms with E-state index in [2.05, 4.69) is 76.3 Å². The van der Waals surface area contributed by atoms with Crippen molar-refractivity contribution < 1.29 is 4.42 Å². The van der Waals surface area contributed by atoms with Gasteiger partial charge in [-0.3, -0.25) is 9.55 Å². The Kier molecular flexibility index (Phi) is 5.40. The number of hydrogen-bond acceptors (Lipinski definition) is 5. The van der Waals surface area contributed by atoms with Gasteiger partial charge < -0.3 is 4.42 Å². The summed E-state index contributed by atoms with van der Waals surface area (Å²) in [5.74, 6) is 1.71. The van der Waals surface area contributed by atoms with E-state index in [1.165, 1.54) is 0 Å². The first-order valence-corrected chi connectivity index (χ1v) is 14.5. The molecule has 0 aliphatic carbocycles. The molecule has 0 saturated heterocycles. The average Bonchev–Trinajstić information content (AvgIpc) is 3.65. The van der Waals surface area contributed by atoms with Crippen molar-refractivity contribution in [2.75, 3.05) is 0 Å². The van der Waals surface area contributed by atoms with Crippen LogP contribution in [0.1, 0.15) is 0 Å². The Bertz CT molecular complexity index is 2500.